The Morgan fingerprint density at radius 1 is 0.955 bits per heavy atom. The molecule has 7 nitrogen and oxygen atoms in total. The minimum Gasteiger partial charge on any atom is -0.469 e. The first-order valence-corrected chi connectivity index (χ1v) is 6.45. The number of ether oxygens (including phenoxy) is 3. The molecule has 0 aromatic heterocycles. The van der Waals surface area contributed by atoms with Crippen molar-refractivity contribution in [3.8, 4) is 0 Å². The fourth-order valence-corrected chi connectivity index (χ4v) is 1.91. The van der Waals surface area contributed by atoms with Crippen LogP contribution in [-0.4, -0.2) is 50.4 Å². The molecule has 0 spiro atoms. The highest BCUT2D eigenvalue weighted by Gasteiger charge is 2.33. The molecule has 2 atom stereocenters. The summed E-state index contributed by atoms with van der Waals surface area (Å²) in [6.45, 7) is 0. The van der Waals surface area contributed by atoms with Crippen LogP contribution in [0.2, 0.25) is 0 Å². The third-order valence-corrected chi connectivity index (χ3v) is 3.16. The number of hydrogen-bond acceptors (Lipinski definition) is 7. The Morgan fingerprint density at radius 3 is 1.95 bits per heavy atom. The third-order valence-electron chi connectivity index (χ3n) is 3.16. The van der Waals surface area contributed by atoms with E-state index in [9.17, 15) is 19.5 Å². The molecule has 1 N–H and O–H groups in total. The van der Waals surface area contributed by atoms with E-state index in [0.29, 0.717) is 11.1 Å². The van der Waals surface area contributed by atoms with E-state index in [2.05, 4.69) is 14.2 Å². The zero-order valence-corrected chi connectivity index (χ0v) is 12.6. The van der Waals surface area contributed by atoms with Gasteiger partial charge in [0.15, 0.2) is 6.10 Å². The standard InChI is InChI=1S/C15H18O7/c1-20-13(17)10-6-4-9(5-7-10)8-11(14(18)21-2)12(16)15(19)22-3/h4-7,11-12,16H,8H2,1-3H3/t11-,12-/m1/s1. The molecule has 0 saturated carbocycles. The molecular weight excluding hydrogens is 292 g/mol. The monoisotopic (exact) mass is 310 g/mol. The van der Waals surface area contributed by atoms with Crippen molar-refractivity contribution in [3.63, 3.8) is 0 Å². The maximum Gasteiger partial charge on any atom is 0.337 e. The third kappa shape index (κ3) is 4.29. The number of aliphatic hydroxyl groups is 1. The smallest absolute Gasteiger partial charge is 0.337 e. The molecule has 0 amide bonds. The van der Waals surface area contributed by atoms with Crippen LogP contribution >= 0.6 is 0 Å². The second-order valence-corrected chi connectivity index (χ2v) is 4.49. The number of benzene rings is 1. The molecule has 0 aliphatic carbocycles. The summed E-state index contributed by atoms with van der Waals surface area (Å²) in [5, 5.41) is 9.87. The highest BCUT2D eigenvalue weighted by atomic mass is 16.5. The summed E-state index contributed by atoms with van der Waals surface area (Å²) in [6.07, 6.45) is -1.57. The first-order valence-electron chi connectivity index (χ1n) is 6.45. The van der Waals surface area contributed by atoms with Gasteiger partial charge in [-0.1, -0.05) is 12.1 Å². The number of carbonyl (C=O) groups excluding carboxylic acids is 3. The van der Waals surface area contributed by atoms with Gasteiger partial charge < -0.3 is 19.3 Å². The Morgan fingerprint density at radius 2 is 1.50 bits per heavy atom. The molecule has 22 heavy (non-hydrogen) atoms. The van der Waals surface area contributed by atoms with Crippen molar-refractivity contribution in [2.24, 2.45) is 5.92 Å². The lowest BCUT2D eigenvalue weighted by molar-refractivity contribution is -0.163. The van der Waals surface area contributed by atoms with Gasteiger partial charge >= 0.3 is 17.9 Å². The van der Waals surface area contributed by atoms with Gasteiger partial charge in [0.25, 0.3) is 0 Å². The molecule has 0 heterocycles. The van der Waals surface area contributed by atoms with Gasteiger partial charge in [-0.25, -0.2) is 9.59 Å². The van der Waals surface area contributed by atoms with Gasteiger partial charge in [-0.2, -0.15) is 0 Å². The SMILES string of the molecule is COC(=O)c1ccc(C[C@@H](C(=O)OC)[C@@H](O)C(=O)OC)cc1. The second kappa shape index (κ2) is 8.14. The normalized spacial score (nSPS) is 12.9. The first-order chi connectivity index (χ1) is 10.4. The number of hydrogen-bond donors (Lipinski definition) is 1. The lowest BCUT2D eigenvalue weighted by atomic mass is 9.93. The van der Waals surface area contributed by atoms with E-state index in [4.69, 9.17) is 0 Å². The molecule has 1 aromatic carbocycles. The molecule has 0 aliphatic rings. The van der Waals surface area contributed by atoms with Crippen LogP contribution in [-0.2, 0) is 30.2 Å². The molecular formula is C15H18O7. The van der Waals surface area contributed by atoms with Crippen LogP contribution < -0.4 is 0 Å². The van der Waals surface area contributed by atoms with Crippen LogP contribution in [0.15, 0.2) is 24.3 Å². The summed E-state index contributed by atoms with van der Waals surface area (Å²) >= 11 is 0. The van der Waals surface area contributed by atoms with Crippen LogP contribution in [0.1, 0.15) is 15.9 Å². The fourth-order valence-electron chi connectivity index (χ4n) is 1.91. The first kappa shape index (κ1) is 17.6. The van der Waals surface area contributed by atoms with Crippen molar-refractivity contribution < 1.29 is 33.7 Å². The van der Waals surface area contributed by atoms with Crippen molar-refractivity contribution in [1.29, 1.82) is 0 Å². The molecule has 0 aliphatic heterocycles. The van der Waals surface area contributed by atoms with Crippen molar-refractivity contribution >= 4 is 17.9 Å². The van der Waals surface area contributed by atoms with Crippen LogP contribution in [0, 0.1) is 5.92 Å². The van der Waals surface area contributed by atoms with Crippen LogP contribution in [0.4, 0.5) is 0 Å². The largest absolute Gasteiger partial charge is 0.469 e. The van der Waals surface area contributed by atoms with Gasteiger partial charge in [-0.15, -0.1) is 0 Å². The zero-order chi connectivity index (χ0) is 16.7. The number of rotatable bonds is 6. The van der Waals surface area contributed by atoms with Crippen molar-refractivity contribution in [1.82, 2.24) is 0 Å². The molecule has 1 rings (SSSR count). The Bertz CT molecular complexity index is 535. The minimum atomic E-state index is -1.63. The molecule has 0 radical (unpaired) electrons. The average molecular weight is 310 g/mol. The van der Waals surface area contributed by atoms with Gasteiger partial charge in [0.2, 0.25) is 0 Å². The Kier molecular flexibility index (Phi) is 6.52. The average Bonchev–Trinajstić information content (AvgIpc) is 2.57. The van der Waals surface area contributed by atoms with Gasteiger partial charge in [0.1, 0.15) is 0 Å². The molecule has 7 heteroatoms. The summed E-state index contributed by atoms with van der Waals surface area (Å²) in [7, 11) is 3.56. The van der Waals surface area contributed by atoms with Crippen molar-refractivity contribution in [2.75, 3.05) is 21.3 Å². The summed E-state index contributed by atoms with van der Waals surface area (Å²) < 4.78 is 13.6. The van der Waals surface area contributed by atoms with Crippen LogP contribution in [0.25, 0.3) is 0 Å². The Labute approximate surface area is 127 Å². The van der Waals surface area contributed by atoms with E-state index in [1.807, 2.05) is 0 Å². The van der Waals surface area contributed by atoms with E-state index < -0.39 is 29.9 Å². The van der Waals surface area contributed by atoms with E-state index in [1.54, 1.807) is 12.1 Å². The van der Waals surface area contributed by atoms with Gasteiger partial charge in [-0.3, -0.25) is 4.79 Å². The summed E-state index contributed by atoms with van der Waals surface area (Å²) in [5.74, 6) is -3.22. The molecule has 0 unspecified atom stereocenters. The van der Waals surface area contributed by atoms with Gasteiger partial charge in [0.05, 0.1) is 32.8 Å². The summed E-state index contributed by atoms with van der Waals surface area (Å²) in [5.41, 5.74) is 1.00. The fraction of sp³-hybridized carbons (Fsp3) is 0.400. The second-order valence-electron chi connectivity index (χ2n) is 4.49. The van der Waals surface area contributed by atoms with Crippen LogP contribution in [0.5, 0.6) is 0 Å². The van der Waals surface area contributed by atoms with E-state index in [0.717, 1.165) is 7.11 Å². The zero-order valence-electron chi connectivity index (χ0n) is 12.6. The van der Waals surface area contributed by atoms with E-state index in [1.165, 1.54) is 26.4 Å². The Hall–Kier alpha value is -2.41. The lowest BCUT2D eigenvalue weighted by Gasteiger charge is -2.19. The molecule has 0 saturated heterocycles. The van der Waals surface area contributed by atoms with E-state index in [-0.39, 0.29) is 6.42 Å². The van der Waals surface area contributed by atoms with Crippen LogP contribution in [0.3, 0.4) is 0 Å². The molecule has 120 valence electrons. The summed E-state index contributed by atoms with van der Waals surface area (Å²) in [4.78, 5) is 34.5. The van der Waals surface area contributed by atoms with E-state index >= 15 is 0 Å². The van der Waals surface area contributed by atoms with Gasteiger partial charge in [-0.05, 0) is 24.1 Å². The van der Waals surface area contributed by atoms with Crippen molar-refractivity contribution in [3.05, 3.63) is 35.4 Å². The minimum absolute atomic E-state index is 0.0599. The topological polar surface area (TPSA) is 99.1 Å². The number of esters is 3. The highest BCUT2D eigenvalue weighted by molar-refractivity contribution is 5.89. The van der Waals surface area contributed by atoms with Gasteiger partial charge in [0, 0.05) is 0 Å². The van der Waals surface area contributed by atoms with Crippen molar-refractivity contribution in [2.45, 2.75) is 12.5 Å². The lowest BCUT2D eigenvalue weighted by Crippen LogP contribution is -2.37. The Balaban J connectivity index is 2.92. The number of methoxy groups -OCH3 is 3. The maximum absolute atomic E-state index is 11.7. The predicted octanol–water partition coefficient (Wildman–Crippen LogP) is 0.339. The maximum atomic E-state index is 11.7. The number of carbonyl (C=O) groups is 3. The summed E-state index contributed by atoms with van der Waals surface area (Å²) in [6, 6.07) is 6.26. The molecule has 1 aromatic rings. The molecule has 0 bridgehead atoms. The number of aliphatic hydroxyl groups excluding tert-OH is 1. The highest BCUT2D eigenvalue weighted by Crippen LogP contribution is 2.17. The quantitative estimate of drug-likeness (QED) is 0.597. The molecule has 0 fully saturated rings. The predicted molar refractivity (Wildman–Crippen MR) is 75.0 cm³/mol.